The van der Waals surface area contributed by atoms with E-state index in [1.165, 1.54) is 141 Å². The van der Waals surface area contributed by atoms with Gasteiger partial charge in [0.2, 0.25) is 5.91 Å². The molecule has 0 aromatic carbocycles. The van der Waals surface area contributed by atoms with Crippen LogP contribution < -0.4 is 11.1 Å². The Hall–Kier alpha value is -0.500. The highest BCUT2D eigenvalue weighted by molar-refractivity contribution is 7.47. The number of carbonyl (C=O) groups is 1. The molecule has 0 aliphatic carbocycles. The Morgan fingerprint density at radius 1 is 0.617 bits per heavy atom. The molecular weight excluding hydrogens is 611 g/mol. The van der Waals surface area contributed by atoms with Crippen molar-refractivity contribution in [2.45, 2.75) is 219 Å². The summed E-state index contributed by atoms with van der Waals surface area (Å²) in [5.41, 5.74) is 5.36. The Morgan fingerprint density at radius 2 is 0.979 bits per heavy atom. The lowest BCUT2D eigenvalue weighted by Gasteiger charge is -2.25. The normalized spacial score (nSPS) is 14.2. The maximum Gasteiger partial charge on any atom is 0.472 e. The zero-order valence-corrected chi connectivity index (χ0v) is 31.9. The monoisotopic (exact) mass is 691 g/mol. The number of hydrogen-bond donors (Lipinski definition) is 4. The second kappa shape index (κ2) is 35.3. The van der Waals surface area contributed by atoms with Crippen LogP contribution in [0.1, 0.15) is 206 Å². The molecule has 0 heterocycles. The van der Waals surface area contributed by atoms with E-state index in [1.807, 2.05) is 0 Å². The predicted octanol–water partition coefficient (Wildman–Crippen LogP) is 10.7. The van der Waals surface area contributed by atoms with E-state index >= 15 is 0 Å². The molecule has 1 unspecified atom stereocenters. The molecule has 0 aromatic rings. The van der Waals surface area contributed by atoms with Crippen molar-refractivity contribution >= 4 is 13.7 Å². The number of hydrogen-bond acceptors (Lipinski definition) is 6. The van der Waals surface area contributed by atoms with E-state index in [0.717, 1.165) is 38.5 Å². The van der Waals surface area contributed by atoms with Gasteiger partial charge in [-0.05, 0) is 12.8 Å². The first kappa shape index (κ1) is 46.5. The molecule has 3 atom stereocenters. The fourth-order valence-corrected chi connectivity index (χ4v) is 6.90. The van der Waals surface area contributed by atoms with Crippen LogP contribution in [0.25, 0.3) is 0 Å². The number of unbranched alkanes of at least 4 members (excludes halogenated alkanes) is 26. The Morgan fingerprint density at radius 3 is 1.36 bits per heavy atom. The molecule has 0 bridgehead atoms. The summed E-state index contributed by atoms with van der Waals surface area (Å²) in [5.74, 6) is -0.159. The van der Waals surface area contributed by atoms with Gasteiger partial charge in [-0.2, -0.15) is 0 Å². The van der Waals surface area contributed by atoms with E-state index in [-0.39, 0.29) is 25.7 Å². The number of phosphoric acid groups is 1. The minimum absolute atomic E-state index is 0.0921. The minimum Gasteiger partial charge on any atom is -0.391 e. The van der Waals surface area contributed by atoms with E-state index in [1.54, 1.807) is 0 Å². The lowest BCUT2D eigenvalue weighted by Crippen LogP contribution is -2.46. The summed E-state index contributed by atoms with van der Waals surface area (Å²) in [6.07, 6.45) is 35.4. The highest BCUT2D eigenvalue weighted by Gasteiger charge is 2.27. The molecule has 0 fully saturated rings. The van der Waals surface area contributed by atoms with Gasteiger partial charge in [0.15, 0.2) is 0 Å². The van der Waals surface area contributed by atoms with Crippen LogP contribution in [-0.2, 0) is 18.4 Å². The smallest absolute Gasteiger partial charge is 0.391 e. The first-order valence-electron chi connectivity index (χ1n) is 20.2. The Kier molecular flexibility index (Phi) is 35.0. The molecule has 0 spiro atoms. The van der Waals surface area contributed by atoms with Gasteiger partial charge in [0.25, 0.3) is 0 Å². The molecule has 8 nitrogen and oxygen atoms in total. The molecule has 1 amide bonds. The van der Waals surface area contributed by atoms with Gasteiger partial charge in [-0.1, -0.05) is 187 Å². The first-order valence-corrected chi connectivity index (χ1v) is 21.6. The Balaban J connectivity index is 4.10. The third-order valence-electron chi connectivity index (χ3n) is 9.21. The van der Waals surface area contributed by atoms with Crippen molar-refractivity contribution in [2.75, 3.05) is 19.8 Å². The molecule has 9 heteroatoms. The fourth-order valence-electron chi connectivity index (χ4n) is 6.14. The van der Waals surface area contributed by atoms with Gasteiger partial charge in [-0.25, -0.2) is 4.57 Å². The van der Waals surface area contributed by atoms with Gasteiger partial charge < -0.3 is 21.1 Å². The number of aliphatic hydroxyl groups excluding tert-OH is 1. The van der Waals surface area contributed by atoms with E-state index in [0.29, 0.717) is 12.8 Å². The summed E-state index contributed by atoms with van der Waals surface area (Å²) < 4.78 is 22.1. The number of amides is 1. The molecule has 0 aliphatic rings. The van der Waals surface area contributed by atoms with Crippen LogP contribution in [0, 0.1) is 0 Å². The van der Waals surface area contributed by atoms with Crippen LogP contribution in [0.15, 0.2) is 0 Å². The quantitative estimate of drug-likeness (QED) is 0.0374. The Labute approximate surface area is 291 Å². The van der Waals surface area contributed by atoms with Crippen LogP contribution in [0.4, 0.5) is 0 Å². The number of nitrogens with one attached hydrogen (secondary N) is 1. The standard InChI is InChI=1S/C38H79N2O6P/c1-3-5-7-9-11-13-15-16-17-18-19-20-21-22-24-26-28-30-32-38(42)40-36(35-46-47(43,44)45-34-33-39)37(41)31-29-27-25-23-14-12-10-8-6-4-2/h36-37,41H,3-35,39H2,1-2H3,(H,40,42)(H,43,44)/t36-,37+/m0/s1. The molecule has 0 aromatic heterocycles. The largest absolute Gasteiger partial charge is 0.472 e. The van der Waals surface area contributed by atoms with Gasteiger partial charge in [0.05, 0.1) is 25.4 Å². The van der Waals surface area contributed by atoms with Crippen LogP contribution >= 0.6 is 7.82 Å². The highest BCUT2D eigenvalue weighted by atomic mass is 31.2. The van der Waals surface area contributed by atoms with Crippen molar-refractivity contribution in [2.24, 2.45) is 5.73 Å². The summed E-state index contributed by atoms with van der Waals surface area (Å²) in [4.78, 5) is 22.6. The van der Waals surface area contributed by atoms with Crippen LogP contribution in [0.3, 0.4) is 0 Å². The minimum atomic E-state index is -4.30. The Bertz CT molecular complexity index is 714. The lowest BCUT2D eigenvalue weighted by atomic mass is 10.0. The molecule has 5 N–H and O–H groups in total. The maximum absolute atomic E-state index is 12.7. The number of nitrogens with two attached hydrogens (primary N) is 1. The first-order chi connectivity index (χ1) is 22.9. The lowest BCUT2D eigenvalue weighted by molar-refractivity contribution is -0.123. The average molecular weight is 691 g/mol. The van der Waals surface area contributed by atoms with Crippen molar-refractivity contribution in [3.8, 4) is 0 Å². The summed E-state index contributed by atoms with van der Waals surface area (Å²) in [6.45, 7) is 4.20. The van der Waals surface area contributed by atoms with E-state index in [9.17, 15) is 19.4 Å². The number of phosphoric ester groups is 1. The molecule has 0 radical (unpaired) electrons. The molecular formula is C38H79N2O6P. The van der Waals surface area contributed by atoms with E-state index in [2.05, 4.69) is 19.2 Å². The number of rotatable bonds is 38. The second-order valence-electron chi connectivity index (χ2n) is 13.9. The van der Waals surface area contributed by atoms with Gasteiger partial charge >= 0.3 is 7.82 Å². The average Bonchev–Trinajstić information content (AvgIpc) is 3.05. The molecule has 47 heavy (non-hydrogen) atoms. The van der Waals surface area contributed by atoms with E-state index in [4.69, 9.17) is 14.8 Å². The number of carbonyl (C=O) groups excluding carboxylic acids is 1. The van der Waals surface area contributed by atoms with Crippen molar-refractivity contribution in [3.05, 3.63) is 0 Å². The molecule has 0 rings (SSSR count). The second-order valence-corrected chi connectivity index (χ2v) is 15.3. The summed E-state index contributed by atoms with van der Waals surface area (Å²) >= 11 is 0. The van der Waals surface area contributed by atoms with Gasteiger partial charge in [0.1, 0.15) is 0 Å². The topological polar surface area (TPSA) is 131 Å². The van der Waals surface area contributed by atoms with Crippen LogP contribution in [-0.4, -0.2) is 47.8 Å². The fraction of sp³-hybridized carbons (Fsp3) is 0.974. The molecule has 0 saturated heterocycles. The van der Waals surface area contributed by atoms with E-state index < -0.39 is 20.0 Å². The highest BCUT2D eigenvalue weighted by Crippen LogP contribution is 2.43. The SMILES string of the molecule is CCCCCCCCCCCCCCCCCCCCC(=O)N[C@@H](COP(=O)(O)OCCN)[C@H](O)CCCCCCCCCCCC. The van der Waals surface area contributed by atoms with Gasteiger partial charge in [-0.3, -0.25) is 13.8 Å². The van der Waals surface area contributed by atoms with Crippen molar-refractivity contribution in [1.82, 2.24) is 5.32 Å². The zero-order chi connectivity index (χ0) is 34.7. The molecule has 0 saturated carbocycles. The third kappa shape index (κ3) is 33.8. The molecule has 0 aliphatic heterocycles. The van der Waals surface area contributed by atoms with Crippen molar-refractivity contribution < 1.29 is 28.4 Å². The molecule has 282 valence electrons. The van der Waals surface area contributed by atoms with Crippen LogP contribution in [0.2, 0.25) is 0 Å². The summed E-state index contributed by atoms with van der Waals surface area (Å²) in [7, 11) is -4.30. The van der Waals surface area contributed by atoms with Gasteiger partial charge in [-0.15, -0.1) is 0 Å². The summed E-state index contributed by atoms with van der Waals surface area (Å²) in [5, 5.41) is 13.7. The zero-order valence-electron chi connectivity index (χ0n) is 31.0. The van der Waals surface area contributed by atoms with Crippen molar-refractivity contribution in [3.63, 3.8) is 0 Å². The summed E-state index contributed by atoms with van der Waals surface area (Å²) in [6, 6.07) is -0.765. The number of aliphatic hydroxyl groups is 1. The van der Waals surface area contributed by atoms with Crippen molar-refractivity contribution in [1.29, 1.82) is 0 Å². The van der Waals surface area contributed by atoms with Gasteiger partial charge in [0, 0.05) is 13.0 Å². The predicted molar refractivity (Wildman–Crippen MR) is 199 cm³/mol. The maximum atomic E-state index is 12.7. The van der Waals surface area contributed by atoms with Crippen LogP contribution in [0.5, 0.6) is 0 Å². The third-order valence-corrected chi connectivity index (χ3v) is 10.2.